The minimum absolute atomic E-state index is 0.0881. The summed E-state index contributed by atoms with van der Waals surface area (Å²) in [6.07, 6.45) is 1.03. The van der Waals surface area contributed by atoms with Gasteiger partial charge in [-0.05, 0) is 30.7 Å². The van der Waals surface area contributed by atoms with Crippen molar-refractivity contribution in [2.75, 3.05) is 19.5 Å². The minimum atomic E-state index is -0.203. The Balaban J connectivity index is 1.79. The van der Waals surface area contributed by atoms with E-state index in [9.17, 15) is 9.59 Å². The Bertz CT molecular complexity index is 1040. The number of aryl methyl sites for hydroxylation is 2. The summed E-state index contributed by atoms with van der Waals surface area (Å²) in [5.74, 6) is 0.964. The van der Waals surface area contributed by atoms with Gasteiger partial charge in [-0.2, -0.15) is 0 Å². The predicted molar refractivity (Wildman–Crippen MR) is 109 cm³/mol. The molecule has 0 aliphatic heterocycles. The van der Waals surface area contributed by atoms with Gasteiger partial charge in [0.1, 0.15) is 11.5 Å². The summed E-state index contributed by atoms with van der Waals surface area (Å²) >= 11 is 0. The average molecular weight is 383 g/mol. The number of ether oxygens (including phenoxy) is 2. The first-order chi connectivity index (χ1) is 13.6. The van der Waals surface area contributed by atoms with E-state index in [2.05, 4.69) is 5.32 Å². The number of nitrogens with zero attached hydrogens (tertiary/aromatic N) is 2. The lowest BCUT2D eigenvalue weighted by molar-refractivity contribution is -0.116. The van der Waals surface area contributed by atoms with E-state index in [1.54, 1.807) is 41.6 Å². The number of para-hydroxylation sites is 2. The van der Waals surface area contributed by atoms with Crippen LogP contribution in [0.5, 0.6) is 11.5 Å². The lowest BCUT2D eigenvalue weighted by atomic mass is 10.2. The summed E-state index contributed by atoms with van der Waals surface area (Å²) in [6.45, 7) is 2.99. The highest BCUT2D eigenvalue weighted by Gasteiger charge is 2.14. The third kappa shape index (κ3) is 3.88. The van der Waals surface area contributed by atoms with Gasteiger partial charge in [0.2, 0.25) is 5.91 Å². The zero-order valence-electron chi connectivity index (χ0n) is 16.4. The largest absolute Gasteiger partial charge is 0.497 e. The molecule has 3 rings (SSSR count). The quantitative estimate of drug-likeness (QED) is 0.648. The molecule has 0 atom stereocenters. The van der Waals surface area contributed by atoms with Crippen molar-refractivity contribution in [3.8, 4) is 11.5 Å². The van der Waals surface area contributed by atoms with Crippen LogP contribution in [0.15, 0.2) is 47.3 Å². The lowest BCUT2D eigenvalue weighted by Crippen LogP contribution is -2.26. The molecule has 0 saturated carbocycles. The Morgan fingerprint density at radius 1 is 1.00 bits per heavy atom. The Labute approximate surface area is 163 Å². The van der Waals surface area contributed by atoms with E-state index in [1.165, 1.54) is 0 Å². The van der Waals surface area contributed by atoms with Crippen molar-refractivity contribution in [2.45, 2.75) is 32.9 Å². The zero-order chi connectivity index (χ0) is 20.1. The molecular weight excluding hydrogens is 358 g/mol. The molecule has 0 bridgehead atoms. The maximum Gasteiger partial charge on any atom is 0.329 e. The molecule has 0 radical (unpaired) electrons. The van der Waals surface area contributed by atoms with E-state index < -0.39 is 0 Å². The molecule has 7 heteroatoms. The SMILES string of the molecule is CCCn1c(=O)n(CCC(=O)Nc2cc(OC)ccc2OC)c2ccccc21. The number of amides is 1. The number of hydrogen-bond acceptors (Lipinski definition) is 4. The molecule has 0 unspecified atom stereocenters. The molecule has 148 valence electrons. The van der Waals surface area contributed by atoms with Crippen LogP contribution < -0.4 is 20.5 Å². The Morgan fingerprint density at radius 2 is 1.68 bits per heavy atom. The number of rotatable bonds is 8. The van der Waals surface area contributed by atoms with Crippen LogP contribution in [0.25, 0.3) is 11.0 Å². The molecule has 0 spiro atoms. The topological polar surface area (TPSA) is 74.5 Å². The highest BCUT2D eigenvalue weighted by atomic mass is 16.5. The van der Waals surface area contributed by atoms with E-state index in [1.807, 2.05) is 31.2 Å². The van der Waals surface area contributed by atoms with Crippen molar-refractivity contribution in [3.05, 3.63) is 52.9 Å². The van der Waals surface area contributed by atoms with Crippen LogP contribution in [0, 0.1) is 0 Å². The highest BCUT2D eigenvalue weighted by Crippen LogP contribution is 2.29. The number of aromatic nitrogens is 2. The van der Waals surface area contributed by atoms with E-state index in [0.717, 1.165) is 17.5 Å². The zero-order valence-corrected chi connectivity index (χ0v) is 16.4. The van der Waals surface area contributed by atoms with Crippen molar-refractivity contribution < 1.29 is 14.3 Å². The lowest BCUT2D eigenvalue weighted by Gasteiger charge is -2.12. The number of anilines is 1. The van der Waals surface area contributed by atoms with Gasteiger partial charge in [-0.1, -0.05) is 19.1 Å². The van der Waals surface area contributed by atoms with E-state index in [0.29, 0.717) is 30.3 Å². The summed E-state index contributed by atoms with van der Waals surface area (Å²) in [5.41, 5.74) is 2.18. The molecule has 0 fully saturated rings. The first-order valence-corrected chi connectivity index (χ1v) is 9.29. The summed E-state index contributed by atoms with van der Waals surface area (Å²) in [7, 11) is 3.10. The number of hydrogen-bond donors (Lipinski definition) is 1. The monoisotopic (exact) mass is 383 g/mol. The summed E-state index contributed by atoms with van der Waals surface area (Å²) in [5, 5.41) is 2.84. The van der Waals surface area contributed by atoms with Crippen LogP contribution in [0.3, 0.4) is 0 Å². The van der Waals surface area contributed by atoms with Crippen LogP contribution in [0.4, 0.5) is 5.69 Å². The Kier molecular flexibility index (Phi) is 6.03. The predicted octanol–water partition coefficient (Wildman–Crippen LogP) is 3.26. The average Bonchev–Trinajstić information content (AvgIpc) is 2.98. The number of fused-ring (bicyclic) bond motifs is 1. The van der Waals surface area contributed by atoms with Gasteiger partial charge < -0.3 is 14.8 Å². The van der Waals surface area contributed by atoms with Gasteiger partial charge in [0.05, 0.1) is 30.9 Å². The van der Waals surface area contributed by atoms with Crippen LogP contribution in [0.1, 0.15) is 19.8 Å². The summed E-state index contributed by atoms with van der Waals surface area (Å²) in [4.78, 5) is 25.3. The van der Waals surface area contributed by atoms with Gasteiger partial charge in [-0.15, -0.1) is 0 Å². The fraction of sp³-hybridized carbons (Fsp3) is 0.333. The summed E-state index contributed by atoms with van der Waals surface area (Å²) in [6, 6.07) is 12.9. The number of carbonyl (C=O) groups excluding carboxylic acids is 1. The smallest absolute Gasteiger partial charge is 0.329 e. The van der Waals surface area contributed by atoms with Gasteiger partial charge in [0.25, 0.3) is 0 Å². The molecule has 1 heterocycles. The Hall–Kier alpha value is -3.22. The maximum atomic E-state index is 12.8. The fourth-order valence-electron chi connectivity index (χ4n) is 3.27. The van der Waals surface area contributed by atoms with Crippen LogP contribution >= 0.6 is 0 Å². The molecule has 28 heavy (non-hydrogen) atoms. The summed E-state index contributed by atoms with van der Waals surface area (Å²) < 4.78 is 13.9. The van der Waals surface area contributed by atoms with Crippen molar-refractivity contribution in [2.24, 2.45) is 0 Å². The van der Waals surface area contributed by atoms with Gasteiger partial charge in [-0.3, -0.25) is 13.9 Å². The number of nitrogens with one attached hydrogen (secondary N) is 1. The van der Waals surface area contributed by atoms with E-state index >= 15 is 0 Å². The van der Waals surface area contributed by atoms with Gasteiger partial charge in [0, 0.05) is 25.6 Å². The molecule has 1 N–H and O–H groups in total. The van der Waals surface area contributed by atoms with Crippen molar-refractivity contribution >= 4 is 22.6 Å². The fourth-order valence-corrected chi connectivity index (χ4v) is 3.27. The molecule has 1 amide bonds. The van der Waals surface area contributed by atoms with Gasteiger partial charge in [-0.25, -0.2) is 4.79 Å². The first-order valence-electron chi connectivity index (χ1n) is 9.29. The maximum absolute atomic E-state index is 12.8. The molecule has 0 saturated heterocycles. The number of carbonyl (C=O) groups is 1. The van der Waals surface area contributed by atoms with Crippen molar-refractivity contribution in [1.29, 1.82) is 0 Å². The van der Waals surface area contributed by atoms with Crippen LogP contribution in [-0.2, 0) is 17.9 Å². The van der Waals surface area contributed by atoms with Crippen molar-refractivity contribution in [3.63, 3.8) is 0 Å². The van der Waals surface area contributed by atoms with E-state index in [4.69, 9.17) is 9.47 Å². The molecule has 3 aromatic rings. The third-order valence-electron chi connectivity index (χ3n) is 4.62. The molecule has 7 nitrogen and oxygen atoms in total. The number of methoxy groups -OCH3 is 2. The number of benzene rings is 2. The number of imidazole rings is 1. The molecule has 1 aromatic heterocycles. The third-order valence-corrected chi connectivity index (χ3v) is 4.62. The normalized spacial score (nSPS) is 10.8. The van der Waals surface area contributed by atoms with Gasteiger partial charge >= 0.3 is 5.69 Å². The minimum Gasteiger partial charge on any atom is -0.497 e. The van der Waals surface area contributed by atoms with Crippen LogP contribution in [0.2, 0.25) is 0 Å². The van der Waals surface area contributed by atoms with Gasteiger partial charge in [0.15, 0.2) is 0 Å². The van der Waals surface area contributed by atoms with Crippen molar-refractivity contribution in [1.82, 2.24) is 9.13 Å². The second kappa shape index (κ2) is 8.65. The van der Waals surface area contributed by atoms with E-state index in [-0.39, 0.29) is 18.0 Å². The second-order valence-electron chi connectivity index (χ2n) is 6.44. The molecule has 2 aromatic carbocycles. The second-order valence-corrected chi connectivity index (χ2v) is 6.44. The molecule has 0 aliphatic rings. The first kappa shape index (κ1) is 19.5. The molecular formula is C21H25N3O4. The highest BCUT2D eigenvalue weighted by molar-refractivity contribution is 5.92. The molecule has 0 aliphatic carbocycles. The Morgan fingerprint density at radius 3 is 2.29 bits per heavy atom. The van der Waals surface area contributed by atoms with Crippen LogP contribution in [-0.4, -0.2) is 29.3 Å². The standard InChI is InChI=1S/C21H25N3O4/c1-4-12-23-17-7-5-6-8-18(17)24(21(23)26)13-11-20(25)22-16-14-15(27-2)9-10-19(16)28-3/h5-10,14H,4,11-13H2,1-3H3,(H,22,25).